The summed E-state index contributed by atoms with van der Waals surface area (Å²) < 4.78 is 41.2. The second-order valence-electron chi connectivity index (χ2n) is 7.14. The SMILES string of the molecule is CCCNS(=O)(=O)c1cc(Cl)c(Nc2nc3ccc(F)cc3c3c2C=CNC3O)c(Cl)c1. The molecule has 1 aliphatic rings. The van der Waals surface area contributed by atoms with Crippen molar-refractivity contribution in [3.63, 3.8) is 0 Å². The normalized spacial score (nSPS) is 15.5. The highest BCUT2D eigenvalue weighted by atomic mass is 35.5. The number of rotatable bonds is 6. The molecule has 2 heterocycles. The van der Waals surface area contributed by atoms with Crippen molar-refractivity contribution in [2.24, 2.45) is 0 Å². The van der Waals surface area contributed by atoms with Crippen LogP contribution in [0.15, 0.2) is 41.4 Å². The molecule has 7 nitrogen and oxygen atoms in total. The zero-order valence-electron chi connectivity index (χ0n) is 16.8. The average Bonchev–Trinajstić information content (AvgIpc) is 2.75. The van der Waals surface area contributed by atoms with Crippen LogP contribution in [0.3, 0.4) is 0 Å². The van der Waals surface area contributed by atoms with Crippen LogP contribution in [0, 0.1) is 5.82 Å². The summed E-state index contributed by atoms with van der Waals surface area (Å²) in [7, 11) is -3.76. The van der Waals surface area contributed by atoms with Gasteiger partial charge in [0.2, 0.25) is 10.0 Å². The van der Waals surface area contributed by atoms with E-state index in [4.69, 9.17) is 23.2 Å². The van der Waals surface area contributed by atoms with Crippen LogP contribution in [-0.4, -0.2) is 25.1 Å². The van der Waals surface area contributed by atoms with Crippen LogP contribution in [0.5, 0.6) is 0 Å². The fourth-order valence-corrected chi connectivity index (χ4v) is 5.30. The van der Waals surface area contributed by atoms with Gasteiger partial charge in [0.15, 0.2) is 6.23 Å². The van der Waals surface area contributed by atoms with Crippen molar-refractivity contribution in [1.82, 2.24) is 15.0 Å². The predicted molar refractivity (Wildman–Crippen MR) is 124 cm³/mol. The zero-order chi connectivity index (χ0) is 23.0. The average molecular weight is 497 g/mol. The number of halogens is 3. The molecule has 0 saturated carbocycles. The Bertz CT molecular complexity index is 1330. The van der Waals surface area contributed by atoms with Crippen molar-refractivity contribution in [2.75, 3.05) is 11.9 Å². The minimum absolute atomic E-state index is 0.0602. The van der Waals surface area contributed by atoms with Crippen LogP contribution in [0.2, 0.25) is 10.0 Å². The maximum Gasteiger partial charge on any atom is 0.240 e. The highest BCUT2D eigenvalue weighted by molar-refractivity contribution is 7.89. The smallest absolute Gasteiger partial charge is 0.240 e. The van der Waals surface area contributed by atoms with Crippen molar-refractivity contribution in [3.8, 4) is 0 Å². The molecule has 0 saturated heterocycles. The maximum atomic E-state index is 13.8. The number of hydrogen-bond acceptors (Lipinski definition) is 6. The van der Waals surface area contributed by atoms with Gasteiger partial charge in [-0.05, 0) is 49.0 Å². The van der Waals surface area contributed by atoms with Gasteiger partial charge in [0, 0.05) is 23.1 Å². The molecule has 1 aromatic heterocycles. The predicted octanol–water partition coefficient (Wildman–Crippen LogP) is 4.68. The minimum atomic E-state index is -3.76. The first-order valence-electron chi connectivity index (χ1n) is 9.71. The number of aliphatic hydroxyl groups is 1. The summed E-state index contributed by atoms with van der Waals surface area (Å²) in [6.45, 7) is 2.13. The first-order chi connectivity index (χ1) is 15.2. The van der Waals surface area contributed by atoms with Crippen LogP contribution in [0.4, 0.5) is 15.9 Å². The van der Waals surface area contributed by atoms with Crippen molar-refractivity contribution in [3.05, 3.63) is 63.5 Å². The number of benzene rings is 2. The topological polar surface area (TPSA) is 103 Å². The molecule has 1 aliphatic heterocycles. The van der Waals surface area contributed by atoms with Crippen LogP contribution in [0.1, 0.15) is 30.7 Å². The van der Waals surface area contributed by atoms with E-state index in [9.17, 15) is 17.9 Å². The van der Waals surface area contributed by atoms with Gasteiger partial charge in [-0.3, -0.25) is 0 Å². The Labute approximate surface area is 194 Å². The molecule has 0 fully saturated rings. The fourth-order valence-electron chi connectivity index (χ4n) is 3.40. The highest BCUT2D eigenvalue weighted by Gasteiger charge is 2.24. The summed E-state index contributed by atoms with van der Waals surface area (Å²) in [5, 5.41) is 16.9. The third kappa shape index (κ3) is 4.26. The number of nitrogens with zero attached hydrogens (tertiary/aromatic N) is 1. The molecule has 4 N–H and O–H groups in total. The van der Waals surface area contributed by atoms with E-state index in [2.05, 4.69) is 20.3 Å². The molecule has 11 heteroatoms. The van der Waals surface area contributed by atoms with E-state index >= 15 is 0 Å². The third-order valence-corrected chi connectivity index (χ3v) is 6.95. The Morgan fingerprint density at radius 2 is 1.94 bits per heavy atom. The van der Waals surface area contributed by atoms with Gasteiger partial charge in [0.05, 0.1) is 26.1 Å². The molecule has 0 amide bonds. The first kappa shape index (κ1) is 22.8. The molecule has 2 aromatic carbocycles. The Kier molecular flexibility index (Phi) is 6.28. The monoisotopic (exact) mass is 496 g/mol. The number of anilines is 2. The minimum Gasteiger partial charge on any atom is -0.369 e. The summed E-state index contributed by atoms with van der Waals surface area (Å²) in [6.07, 6.45) is 2.78. The lowest BCUT2D eigenvalue weighted by atomic mass is 9.98. The van der Waals surface area contributed by atoms with Crippen LogP contribution in [0.25, 0.3) is 17.0 Å². The van der Waals surface area contributed by atoms with Gasteiger partial charge in [0.25, 0.3) is 0 Å². The Balaban J connectivity index is 1.81. The molecule has 168 valence electrons. The van der Waals surface area contributed by atoms with Gasteiger partial charge in [-0.25, -0.2) is 22.5 Å². The molecule has 3 aromatic rings. The lowest BCUT2D eigenvalue weighted by Gasteiger charge is -2.24. The Morgan fingerprint density at radius 1 is 1.22 bits per heavy atom. The van der Waals surface area contributed by atoms with E-state index in [1.165, 1.54) is 30.3 Å². The summed E-state index contributed by atoms with van der Waals surface area (Å²) in [4.78, 5) is 4.48. The summed E-state index contributed by atoms with van der Waals surface area (Å²) in [6, 6.07) is 6.66. The number of aliphatic hydroxyl groups excluding tert-OH is 1. The molecule has 1 atom stereocenters. The lowest BCUT2D eigenvalue weighted by molar-refractivity contribution is 0.156. The van der Waals surface area contributed by atoms with Crippen molar-refractivity contribution in [1.29, 1.82) is 0 Å². The van der Waals surface area contributed by atoms with Gasteiger partial charge >= 0.3 is 0 Å². The standard InChI is InChI=1S/C21H19Cl2FN4O3S/c1-2-6-26-32(30,31)12-9-15(22)19(16(23)10-12)28-20-13-5-7-25-21(29)18(13)14-8-11(24)3-4-17(14)27-20/h3-5,7-10,21,25-26,29H,2,6H2,1H3,(H,27,28). The molecule has 0 spiro atoms. The molecule has 0 bridgehead atoms. The van der Waals surface area contributed by atoms with Gasteiger partial charge in [-0.2, -0.15) is 0 Å². The van der Waals surface area contributed by atoms with Crippen LogP contribution < -0.4 is 15.4 Å². The Morgan fingerprint density at radius 3 is 2.62 bits per heavy atom. The number of nitrogens with one attached hydrogen (secondary N) is 3. The van der Waals surface area contributed by atoms with E-state index in [1.54, 1.807) is 12.3 Å². The number of sulfonamides is 1. The molecule has 0 aliphatic carbocycles. The molecule has 1 unspecified atom stereocenters. The molecule has 4 rings (SSSR count). The highest BCUT2D eigenvalue weighted by Crippen LogP contribution is 2.39. The van der Waals surface area contributed by atoms with E-state index in [0.29, 0.717) is 34.3 Å². The zero-order valence-corrected chi connectivity index (χ0v) is 19.1. The van der Waals surface area contributed by atoms with Gasteiger partial charge in [0.1, 0.15) is 11.6 Å². The fraction of sp³-hybridized carbons (Fsp3) is 0.190. The van der Waals surface area contributed by atoms with Crippen LogP contribution >= 0.6 is 23.2 Å². The number of fused-ring (bicyclic) bond motifs is 3. The van der Waals surface area contributed by atoms with Gasteiger partial charge < -0.3 is 15.7 Å². The summed E-state index contributed by atoms with van der Waals surface area (Å²) in [5.41, 5.74) is 1.65. The maximum absolute atomic E-state index is 13.8. The Hall–Kier alpha value is -2.43. The third-order valence-electron chi connectivity index (χ3n) is 4.92. The summed E-state index contributed by atoms with van der Waals surface area (Å²) in [5.74, 6) is -0.136. The largest absolute Gasteiger partial charge is 0.369 e. The van der Waals surface area contributed by atoms with Crippen molar-refractivity contribution < 1.29 is 17.9 Å². The molecular formula is C21H19Cl2FN4O3S. The number of pyridine rings is 1. The number of hydrogen-bond donors (Lipinski definition) is 4. The lowest BCUT2D eigenvalue weighted by Crippen LogP contribution is -2.24. The van der Waals surface area contributed by atoms with E-state index in [-0.39, 0.29) is 27.2 Å². The van der Waals surface area contributed by atoms with Gasteiger partial charge in [-0.15, -0.1) is 0 Å². The van der Waals surface area contributed by atoms with Crippen molar-refractivity contribution >= 4 is 61.7 Å². The van der Waals surface area contributed by atoms with E-state index in [1.807, 2.05) is 6.92 Å². The summed E-state index contributed by atoms with van der Waals surface area (Å²) >= 11 is 12.8. The van der Waals surface area contributed by atoms with E-state index < -0.39 is 22.1 Å². The molecule has 0 radical (unpaired) electrons. The quantitative estimate of drug-likeness (QED) is 0.395. The second-order valence-corrected chi connectivity index (χ2v) is 9.72. The molecular weight excluding hydrogens is 478 g/mol. The van der Waals surface area contributed by atoms with Crippen molar-refractivity contribution in [2.45, 2.75) is 24.5 Å². The van der Waals surface area contributed by atoms with Gasteiger partial charge in [-0.1, -0.05) is 30.1 Å². The van der Waals surface area contributed by atoms with E-state index in [0.717, 1.165) is 0 Å². The number of aromatic nitrogens is 1. The van der Waals surface area contributed by atoms with Crippen LogP contribution in [-0.2, 0) is 10.0 Å². The first-order valence-corrected chi connectivity index (χ1v) is 11.9. The second kappa shape index (κ2) is 8.84. The molecule has 32 heavy (non-hydrogen) atoms.